The molecular weight excluding hydrogens is 354 g/mol. The van der Waals surface area contributed by atoms with Crippen molar-refractivity contribution < 1.29 is 0 Å². The Kier molecular flexibility index (Phi) is 4.83. The fourth-order valence-electron chi connectivity index (χ4n) is 2.12. The van der Waals surface area contributed by atoms with Gasteiger partial charge >= 0.3 is 0 Å². The molecule has 0 aliphatic heterocycles. The van der Waals surface area contributed by atoms with Crippen molar-refractivity contribution in [3.8, 4) is 0 Å². The lowest BCUT2D eigenvalue weighted by atomic mass is 10.2. The van der Waals surface area contributed by atoms with Crippen LogP contribution in [0.2, 0.25) is 0 Å². The van der Waals surface area contributed by atoms with Crippen LogP contribution in [0.15, 0.2) is 59.2 Å². The molecule has 0 atom stereocenters. The van der Waals surface area contributed by atoms with Crippen LogP contribution in [0.1, 0.15) is 11.1 Å². The molecule has 1 heterocycles. The second kappa shape index (κ2) is 7.19. The number of aromatic nitrogens is 3. The molecule has 23 heavy (non-hydrogen) atoms. The summed E-state index contributed by atoms with van der Waals surface area (Å²) in [4.78, 5) is 4.44. The zero-order valence-corrected chi connectivity index (χ0v) is 14.2. The third-order valence-electron chi connectivity index (χ3n) is 3.31. The lowest BCUT2D eigenvalue weighted by Crippen LogP contribution is -2.06. The minimum atomic E-state index is 0.466. The number of hydrogen-bond acceptors (Lipinski definition) is 5. The Labute approximate surface area is 143 Å². The predicted octanol–water partition coefficient (Wildman–Crippen LogP) is 4.30. The third-order valence-corrected chi connectivity index (χ3v) is 3.80. The van der Waals surface area contributed by atoms with Gasteiger partial charge in [-0.15, -0.1) is 5.10 Å². The van der Waals surface area contributed by atoms with Crippen LogP contribution in [0.25, 0.3) is 0 Å². The molecule has 116 valence electrons. The topological polar surface area (TPSA) is 62.7 Å². The van der Waals surface area contributed by atoms with Crippen molar-refractivity contribution >= 4 is 33.4 Å². The molecule has 0 aliphatic carbocycles. The van der Waals surface area contributed by atoms with Gasteiger partial charge in [-0.05, 0) is 36.2 Å². The first kappa shape index (κ1) is 15.4. The first-order valence-corrected chi connectivity index (χ1v) is 8.01. The van der Waals surface area contributed by atoms with Gasteiger partial charge in [0.15, 0.2) is 5.82 Å². The van der Waals surface area contributed by atoms with Crippen LogP contribution >= 0.6 is 15.9 Å². The number of nitrogens with zero attached hydrogens (tertiary/aromatic N) is 3. The van der Waals surface area contributed by atoms with Gasteiger partial charge in [0.25, 0.3) is 0 Å². The van der Waals surface area contributed by atoms with E-state index in [0.717, 1.165) is 15.7 Å². The number of halogens is 1. The zero-order valence-electron chi connectivity index (χ0n) is 12.6. The van der Waals surface area contributed by atoms with Crippen molar-refractivity contribution in [3.63, 3.8) is 0 Å². The molecule has 0 spiro atoms. The molecule has 2 aromatic carbocycles. The Bertz CT molecular complexity index is 792. The average Bonchev–Trinajstić information content (AvgIpc) is 2.57. The van der Waals surface area contributed by atoms with Crippen molar-refractivity contribution in [3.05, 3.63) is 70.3 Å². The van der Waals surface area contributed by atoms with Gasteiger partial charge in [0, 0.05) is 16.7 Å². The molecule has 2 N–H and O–H groups in total. The lowest BCUT2D eigenvalue weighted by molar-refractivity contribution is 0.965. The van der Waals surface area contributed by atoms with E-state index in [9.17, 15) is 0 Å². The van der Waals surface area contributed by atoms with E-state index in [1.165, 1.54) is 5.56 Å². The van der Waals surface area contributed by atoms with E-state index in [0.29, 0.717) is 18.3 Å². The highest BCUT2D eigenvalue weighted by Gasteiger charge is 2.04. The van der Waals surface area contributed by atoms with Gasteiger partial charge in [0.05, 0.1) is 6.20 Å². The van der Waals surface area contributed by atoms with Gasteiger partial charge in [0.1, 0.15) is 0 Å². The second-order valence-electron chi connectivity index (χ2n) is 5.09. The minimum Gasteiger partial charge on any atom is -0.365 e. The summed E-state index contributed by atoms with van der Waals surface area (Å²) in [6, 6.07) is 16.1. The molecule has 0 saturated carbocycles. The van der Waals surface area contributed by atoms with Crippen LogP contribution in [0.3, 0.4) is 0 Å². The summed E-state index contributed by atoms with van der Waals surface area (Å²) in [5.74, 6) is 1.15. The molecule has 0 amide bonds. The van der Waals surface area contributed by atoms with E-state index in [-0.39, 0.29) is 0 Å². The molecule has 6 heteroatoms. The standard InChI is InChI=1S/C17H16BrN5/c1-12-9-14(18)7-8-15(12)21-17-22-16(11-20-23-17)19-10-13-5-3-2-4-6-13/h2-9,11H,10H2,1H3,(H2,19,21,22,23). The van der Waals surface area contributed by atoms with Crippen molar-refractivity contribution in [2.24, 2.45) is 0 Å². The highest BCUT2D eigenvalue weighted by molar-refractivity contribution is 9.10. The Morgan fingerprint density at radius 2 is 1.91 bits per heavy atom. The van der Waals surface area contributed by atoms with Crippen LogP contribution in [0, 0.1) is 6.92 Å². The molecule has 0 unspecified atom stereocenters. The van der Waals surface area contributed by atoms with E-state index in [1.54, 1.807) is 6.20 Å². The molecular formula is C17H16BrN5. The normalized spacial score (nSPS) is 10.3. The summed E-state index contributed by atoms with van der Waals surface area (Å²) < 4.78 is 1.04. The molecule has 0 radical (unpaired) electrons. The molecule has 0 bridgehead atoms. The SMILES string of the molecule is Cc1cc(Br)ccc1Nc1nncc(NCc2ccccc2)n1. The largest absolute Gasteiger partial charge is 0.365 e. The summed E-state index contributed by atoms with van der Waals surface area (Å²) in [6.45, 7) is 2.72. The fraction of sp³-hybridized carbons (Fsp3) is 0.118. The number of rotatable bonds is 5. The third kappa shape index (κ3) is 4.26. The summed E-state index contributed by atoms with van der Waals surface area (Å²) in [5, 5.41) is 14.5. The summed E-state index contributed by atoms with van der Waals surface area (Å²) in [5.41, 5.74) is 3.24. The summed E-state index contributed by atoms with van der Waals surface area (Å²) in [7, 11) is 0. The molecule has 1 aromatic heterocycles. The molecule has 0 fully saturated rings. The van der Waals surface area contributed by atoms with E-state index in [1.807, 2.05) is 43.3 Å². The number of nitrogens with one attached hydrogen (secondary N) is 2. The number of aryl methyl sites for hydroxylation is 1. The van der Waals surface area contributed by atoms with Crippen LogP contribution in [0.4, 0.5) is 17.5 Å². The Balaban J connectivity index is 1.69. The number of hydrogen-bond donors (Lipinski definition) is 2. The molecule has 3 aromatic rings. The molecule has 3 rings (SSSR count). The smallest absolute Gasteiger partial charge is 0.249 e. The van der Waals surface area contributed by atoms with Gasteiger partial charge in [-0.25, -0.2) is 0 Å². The monoisotopic (exact) mass is 369 g/mol. The quantitative estimate of drug-likeness (QED) is 0.701. The Hall–Kier alpha value is -2.47. The average molecular weight is 370 g/mol. The van der Waals surface area contributed by atoms with E-state index in [4.69, 9.17) is 0 Å². The maximum atomic E-state index is 4.44. The molecule has 0 aliphatic rings. The summed E-state index contributed by atoms with van der Waals surface area (Å²) in [6.07, 6.45) is 1.61. The Morgan fingerprint density at radius 1 is 1.09 bits per heavy atom. The second-order valence-corrected chi connectivity index (χ2v) is 6.00. The maximum Gasteiger partial charge on any atom is 0.249 e. The lowest BCUT2D eigenvalue weighted by Gasteiger charge is -2.09. The van der Waals surface area contributed by atoms with Crippen LogP contribution in [-0.4, -0.2) is 15.2 Å². The van der Waals surface area contributed by atoms with Crippen molar-refractivity contribution in [2.75, 3.05) is 10.6 Å². The first-order valence-electron chi connectivity index (χ1n) is 7.21. The summed E-state index contributed by atoms with van der Waals surface area (Å²) >= 11 is 3.45. The van der Waals surface area contributed by atoms with E-state index in [2.05, 4.69) is 53.9 Å². The number of anilines is 3. The van der Waals surface area contributed by atoms with E-state index >= 15 is 0 Å². The Morgan fingerprint density at radius 3 is 2.70 bits per heavy atom. The fourth-order valence-corrected chi connectivity index (χ4v) is 2.59. The molecule has 0 saturated heterocycles. The van der Waals surface area contributed by atoms with E-state index < -0.39 is 0 Å². The van der Waals surface area contributed by atoms with Crippen molar-refractivity contribution in [2.45, 2.75) is 13.5 Å². The van der Waals surface area contributed by atoms with Crippen LogP contribution in [0.5, 0.6) is 0 Å². The van der Waals surface area contributed by atoms with Gasteiger partial charge in [-0.2, -0.15) is 10.1 Å². The van der Waals surface area contributed by atoms with Crippen molar-refractivity contribution in [1.29, 1.82) is 0 Å². The van der Waals surface area contributed by atoms with Gasteiger partial charge in [-0.1, -0.05) is 46.3 Å². The maximum absolute atomic E-state index is 4.44. The highest BCUT2D eigenvalue weighted by atomic mass is 79.9. The first-order chi connectivity index (χ1) is 11.2. The van der Waals surface area contributed by atoms with Crippen molar-refractivity contribution in [1.82, 2.24) is 15.2 Å². The van der Waals surface area contributed by atoms with Crippen LogP contribution < -0.4 is 10.6 Å². The highest BCUT2D eigenvalue weighted by Crippen LogP contribution is 2.22. The van der Waals surface area contributed by atoms with Gasteiger partial charge in [0.2, 0.25) is 5.95 Å². The predicted molar refractivity (Wildman–Crippen MR) is 95.8 cm³/mol. The number of benzene rings is 2. The molecule has 5 nitrogen and oxygen atoms in total. The minimum absolute atomic E-state index is 0.466. The zero-order chi connectivity index (χ0) is 16.1. The van der Waals surface area contributed by atoms with Gasteiger partial charge in [-0.3, -0.25) is 0 Å². The van der Waals surface area contributed by atoms with Gasteiger partial charge < -0.3 is 10.6 Å². The van der Waals surface area contributed by atoms with Crippen LogP contribution in [-0.2, 0) is 6.54 Å².